The van der Waals surface area contributed by atoms with E-state index < -0.39 is 5.60 Å². The molecule has 3 aliphatic rings. The molecular formula is C27H44O3. The van der Waals surface area contributed by atoms with Gasteiger partial charge in [-0.1, -0.05) is 56.6 Å². The third-order valence-corrected chi connectivity index (χ3v) is 8.63. The molecule has 0 aromatic rings. The lowest BCUT2D eigenvalue weighted by Crippen LogP contribution is -2.36. The summed E-state index contributed by atoms with van der Waals surface area (Å²) in [5.74, 6) is 2.07. The van der Waals surface area contributed by atoms with Gasteiger partial charge < -0.3 is 15.3 Å². The van der Waals surface area contributed by atoms with Crippen molar-refractivity contribution in [2.45, 2.75) is 103 Å². The largest absolute Gasteiger partial charge is 0.393 e. The van der Waals surface area contributed by atoms with Crippen molar-refractivity contribution in [3.63, 3.8) is 0 Å². The molecule has 0 aromatic carbocycles. The van der Waals surface area contributed by atoms with E-state index >= 15 is 0 Å². The molecule has 0 radical (unpaired) electrons. The Morgan fingerprint density at radius 3 is 2.73 bits per heavy atom. The third-order valence-electron chi connectivity index (χ3n) is 8.63. The molecular weight excluding hydrogens is 372 g/mol. The van der Waals surface area contributed by atoms with Crippen LogP contribution in [0, 0.1) is 23.2 Å². The Morgan fingerprint density at radius 1 is 1.23 bits per heavy atom. The summed E-state index contributed by atoms with van der Waals surface area (Å²) in [7, 11) is 0. The Bertz CT molecular complexity index is 674. The second-order valence-electron chi connectivity index (χ2n) is 11.1. The molecule has 0 unspecified atom stereocenters. The van der Waals surface area contributed by atoms with Crippen LogP contribution in [0.25, 0.3) is 0 Å². The Kier molecular flexibility index (Phi) is 7.69. The van der Waals surface area contributed by atoms with Gasteiger partial charge >= 0.3 is 0 Å². The molecule has 3 heteroatoms. The number of rotatable bonds is 7. The highest BCUT2D eigenvalue weighted by Crippen LogP contribution is 2.60. The summed E-state index contributed by atoms with van der Waals surface area (Å²) in [5, 5.41) is 29.4. The Balaban J connectivity index is 1.66. The molecule has 6 atom stereocenters. The molecule has 0 spiro atoms. The van der Waals surface area contributed by atoms with Crippen LogP contribution in [0.5, 0.6) is 0 Å². The number of allylic oxidation sites excluding steroid dienone is 4. The fourth-order valence-corrected chi connectivity index (χ4v) is 6.69. The second-order valence-corrected chi connectivity index (χ2v) is 11.1. The van der Waals surface area contributed by atoms with Crippen molar-refractivity contribution in [1.29, 1.82) is 0 Å². The van der Waals surface area contributed by atoms with E-state index in [0.717, 1.165) is 38.0 Å². The zero-order valence-electron chi connectivity index (χ0n) is 19.5. The highest BCUT2D eigenvalue weighted by Gasteiger charge is 2.50. The Labute approximate surface area is 184 Å². The molecule has 3 aliphatic carbocycles. The van der Waals surface area contributed by atoms with Gasteiger partial charge in [-0.15, -0.1) is 0 Å². The maximum Gasteiger partial charge on any atom is 0.0849 e. The van der Waals surface area contributed by atoms with Gasteiger partial charge in [-0.05, 0) is 93.5 Å². The van der Waals surface area contributed by atoms with Crippen LogP contribution in [0.2, 0.25) is 0 Å². The normalized spacial score (nSPS) is 37.9. The van der Waals surface area contributed by atoms with Gasteiger partial charge in [0.25, 0.3) is 0 Å². The van der Waals surface area contributed by atoms with Gasteiger partial charge in [0.15, 0.2) is 0 Å². The first-order valence-corrected chi connectivity index (χ1v) is 12.3. The van der Waals surface area contributed by atoms with Gasteiger partial charge in [0.1, 0.15) is 0 Å². The van der Waals surface area contributed by atoms with Gasteiger partial charge in [-0.2, -0.15) is 0 Å². The molecule has 3 nitrogen and oxygen atoms in total. The predicted octanol–water partition coefficient (Wildman–Crippen LogP) is 5.71. The quantitative estimate of drug-likeness (QED) is 0.498. The van der Waals surface area contributed by atoms with Crippen molar-refractivity contribution in [2.75, 3.05) is 6.61 Å². The SMILES string of the molecule is C=C1CC[C@H](O)CC1=C/C=C1\CCC[C@]2(C)[C@@H]([C@H](C)CCC[C@](C)(O)CO)CC[C@@H]12. The standard InChI is InChI=1S/C27H44O3/c1-19-9-12-23(29)17-22(19)11-10-21-8-6-16-27(4)24(13-14-25(21)27)20(2)7-5-15-26(3,30)18-28/h10-11,20,23-25,28-30H,1,5-9,12-18H2,2-4H3/b21-10+,22-11?/t20-,23+,24-,25+,26+,27-/m1/s1. The van der Waals surface area contributed by atoms with Crippen molar-refractivity contribution in [3.05, 3.63) is 35.5 Å². The van der Waals surface area contributed by atoms with Gasteiger partial charge in [0, 0.05) is 0 Å². The first-order chi connectivity index (χ1) is 14.2. The van der Waals surface area contributed by atoms with Crippen LogP contribution in [0.3, 0.4) is 0 Å². The van der Waals surface area contributed by atoms with Crippen LogP contribution in [0.1, 0.15) is 91.4 Å². The smallest absolute Gasteiger partial charge is 0.0849 e. The minimum absolute atomic E-state index is 0.155. The van der Waals surface area contributed by atoms with E-state index in [0.29, 0.717) is 23.7 Å². The number of hydrogen-bond donors (Lipinski definition) is 3. The van der Waals surface area contributed by atoms with Gasteiger partial charge in [-0.3, -0.25) is 0 Å². The highest BCUT2D eigenvalue weighted by atomic mass is 16.3. The minimum atomic E-state index is -0.938. The summed E-state index contributed by atoms with van der Waals surface area (Å²) >= 11 is 0. The molecule has 3 fully saturated rings. The van der Waals surface area contributed by atoms with Crippen LogP contribution in [-0.2, 0) is 0 Å². The van der Waals surface area contributed by atoms with Crippen LogP contribution >= 0.6 is 0 Å². The van der Waals surface area contributed by atoms with E-state index in [1.54, 1.807) is 12.5 Å². The molecule has 0 aromatic heterocycles. The van der Waals surface area contributed by atoms with E-state index in [1.807, 2.05) is 0 Å². The topological polar surface area (TPSA) is 60.7 Å². The van der Waals surface area contributed by atoms with Gasteiger partial charge in [0.05, 0.1) is 18.3 Å². The number of fused-ring (bicyclic) bond motifs is 1. The molecule has 0 amide bonds. The monoisotopic (exact) mass is 416 g/mol. The summed E-state index contributed by atoms with van der Waals surface area (Å²) in [5.41, 5.74) is 3.50. The lowest BCUT2D eigenvalue weighted by Gasteiger charge is -2.44. The maximum absolute atomic E-state index is 10.1. The molecule has 30 heavy (non-hydrogen) atoms. The molecule has 3 rings (SSSR count). The van der Waals surface area contributed by atoms with Crippen molar-refractivity contribution < 1.29 is 15.3 Å². The van der Waals surface area contributed by atoms with Crippen molar-refractivity contribution >= 4 is 0 Å². The molecule has 170 valence electrons. The molecule has 0 saturated heterocycles. The van der Waals surface area contributed by atoms with E-state index in [-0.39, 0.29) is 12.7 Å². The van der Waals surface area contributed by atoms with Crippen LogP contribution in [0.15, 0.2) is 35.5 Å². The highest BCUT2D eigenvalue weighted by molar-refractivity contribution is 5.36. The fraction of sp³-hybridized carbons (Fsp3) is 0.778. The summed E-state index contributed by atoms with van der Waals surface area (Å²) in [4.78, 5) is 0. The summed E-state index contributed by atoms with van der Waals surface area (Å²) < 4.78 is 0. The van der Waals surface area contributed by atoms with Crippen LogP contribution in [-0.4, -0.2) is 33.6 Å². The molecule has 3 N–H and O–H groups in total. The second kappa shape index (κ2) is 9.71. The Hall–Kier alpha value is -0.900. The maximum atomic E-state index is 10.1. The zero-order chi connectivity index (χ0) is 21.9. The first kappa shape index (κ1) is 23.8. The zero-order valence-corrected chi connectivity index (χ0v) is 19.5. The molecule has 3 saturated carbocycles. The van der Waals surface area contributed by atoms with Crippen molar-refractivity contribution in [3.8, 4) is 0 Å². The van der Waals surface area contributed by atoms with E-state index in [2.05, 4.69) is 32.6 Å². The third kappa shape index (κ3) is 5.29. The van der Waals surface area contributed by atoms with Gasteiger partial charge in [0.2, 0.25) is 0 Å². The average molecular weight is 417 g/mol. The average Bonchev–Trinajstić information content (AvgIpc) is 3.06. The van der Waals surface area contributed by atoms with Crippen LogP contribution < -0.4 is 0 Å². The van der Waals surface area contributed by atoms with Crippen molar-refractivity contribution in [2.24, 2.45) is 23.2 Å². The van der Waals surface area contributed by atoms with Crippen molar-refractivity contribution in [1.82, 2.24) is 0 Å². The summed E-state index contributed by atoms with van der Waals surface area (Å²) in [6.07, 6.45) is 16.1. The first-order valence-electron chi connectivity index (χ1n) is 12.3. The van der Waals surface area contributed by atoms with Crippen LogP contribution in [0.4, 0.5) is 0 Å². The molecule has 0 bridgehead atoms. The molecule has 0 heterocycles. The summed E-state index contributed by atoms with van der Waals surface area (Å²) in [6, 6.07) is 0. The van der Waals surface area contributed by atoms with Gasteiger partial charge in [-0.25, -0.2) is 0 Å². The lowest BCUT2D eigenvalue weighted by atomic mass is 9.60. The van der Waals surface area contributed by atoms with E-state index in [1.165, 1.54) is 43.3 Å². The molecule has 0 aliphatic heterocycles. The number of aliphatic hydroxyl groups excluding tert-OH is 2. The number of hydrogen-bond acceptors (Lipinski definition) is 3. The fourth-order valence-electron chi connectivity index (χ4n) is 6.69. The number of aliphatic hydroxyl groups is 3. The van der Waals surface area contributed by atoms with E-state index in [4.69, 9.17) is 0 Å². The Morgan fingerprint density at radius 2 is 2.00 bits per heavy atom. The minimum Gasteiger partial charge on any atom is -0.393 e. The predicted molar refractivity (Wildman–Crippen MR) is 124 cm³/mol. The lowest BCUT2D eigenvalue weighted by molar-refractivity contribution is -0.00891. The summed E-state index contributed by atoms with van der Waals surface area (Å²) in [6.45, 7) is 10.7. The van der Waals surface area contributed by atoms with E-state index in [9.17, 15) is 15.3 Å².